The van der Waals surface area contributed by atoms with Crippen LogP contribution in [0.2, 0.25) is 0 Å². The SMILES string of the molecule is COc1ccc(-c2ccc(S(N)(=O)=O)cc2)cc1. The molecule has 0 bridgehead atoms. The standard InChI is InChI=1S/C13H13NO3S/c1-17-12-6-2-10(3-7-12)11-4-8-13(9-5-11)18(14,15)16/h2-9H,1H3,(H2,14,15,16). The fraction of sp³-hybridized carbons (Fsp3) is 0.0769. The lowest BCUT2D eigenvalue weighted by atomic mass is 10.1. The summed E-state index contributed by atoms with van der Waals surface area (Å²) in [7, 11) is -2.03. The van der Waals surface area contributed by atoms with Crippen LogP contribution in [0.4, 0.5) is 0 Å². The van der Waals surface area contributed by atoms with Crippen molar-refractivity contribution in [2.75, 3.05) is 7.11 Å². The van der Waals surface area contributed by atoms with E-state index in [2.05, 4.69) is 0 Å². The molecule has 0 aliphatic rings. The number of benzene rings is 2. The van der Waals surface area contributed by atoms with Crippen LogP contribution < -0.4 is 9.88 Å². The van der Waals surface area contributed by atoms with Crippen LogP contribution in [0.25, 0.3) is 11.1 Å². The van der Waals surface area contributed by atoms with Crippen LogP contribution in [0.15, 0.2) is 53.4 Å². The van der Waals surface area contributed by atoms with E-state index in [-0.39, 0.29) is 4.90 Å². The second-order valence-corrected chi connectivity index (χ2v) is 5.36. The zero-order valence-corrected chi connectivity index (χ0v) is 10.6. The molecule has 0 unspecified atom stereocenters. The molecule has 2 rings (SSSR count). The smallest absolute Gasteiger partial charge is 0.238 e. The van der Waals surface area contributed by atoms with Crippen LogP contribution in [-0.4, -0.2) is 15.5 Å². The molecule has 0 atom stereocenters. The molecule has 0 heterocycles. The molecule has 0 radical (unpaired) electrons. The minimum Gasteiger partial charge on any atom is -0.497 e. The van der Waals surface area contributed by atoms with E-state index in [0.717, 1.165) is 16.9 Å². The van der Waals surface area contributed by atoms with Crippen molar-refractivity contribution in [3.05, 3.63) is 48.5 Å². The molecule has 5 heteroatoms. The van der Waals surface area contributed by atoms with E-state index in [1.165, 1.54) is 12.1 Å². The molecular formula is C13H13NO3S. The number of sulfonamides is 1. The Morgan fingerprint density at radius 1 is 0.889 bits per heavy atom. The average molecular weight is 263 g/mol. The topological polar surface area (TPSA) is 69.4 Å². The minimum atomic E-state index is -3.63. The van der Waals surface area contributed by atoms with E-state index >= 15 is 0 Å². The molecule has 2 aromatic rings. The molecule has 0 aliphatic heterocycles. The van der Waals surface area contributed by atoms with Crippen LogP contribution in [0.5, 0.6) is 5.75 Å². The molecule has 18 heavy (non-hydrogen) atoms. The zero-order valence-electron chi connectivity index (χ0n) is 9.83. The van der Waals surface area contributed by atoms with Gasteiger partial charge < -0.3 is 4.74 Å². The second kappa shape index (κ2) is 4.80. The first-order valence-corrected chi connectivity index (χ1v) is 6.82. The van der Waals surface area contributed by atoms with Gasteiger partial charge in [0.15, 0.2) is 0 Å². The predicted molar refractivity (Wildman–Crippen MR) is 69.8 cm³/mol. The summed E-state index contributed by atoms with van der Waals surface area (Å²) in [6.07, 6.45) is 0. The summed E-state index contributed by atoms with van der Waals surface area (Å²) in [5.41, 5.74) is 1.90. The third-order valence-electron chi connectivity index (χ3n) is 2.61. The van der Waals surface area contributed by atoms with Crippen LogP contribution >= 0.6 is 0 Å². The molecule has 2 aromatic carbocycles. The maximum atomic E-state index is 11.1. The molecule has 94 valence electrons. The van der Waals surface area contributed by atoms with Crippen molar-refractivity contribution in [2.24, 2.45) is 5.14 Å². The van der Waals surface area contributed by atoms with E-state index in [0.29, 0.717) is 0 Å². The fourth-order valence-electron chi connectivity index (χ4n) is 1.62. The van der Waals surface area contributed by atoms with Crippen molar-refractivity contribution in [1.82, 2.24) is 0 Å². The monoisotopic (exact) mass is 263 g/mol. The molecule has 0 saturated heterocycles. The maximum absolute atomic E-state index is 11.1. The maximum Gasteiger partial charge on any atom is 0.238 e. The highest BCUT2D eigenvalue weighted by atomic mass is 32.2. The molecule has 4 nitrogen and oxygen atoms in total. The number of primary sulfonamides is 1. The van der Waals surface area contributed by atoms with E-state index in [9.17, 15) is 8.42 Å². The molecule has 0 saturated carbocycles. The summed E-state index contributed by atoms with van der Waals surface area (Å²) in [6, 6.07) is 14.0. The average Bonchev–Trinajstić information content (AvgIpc) is 2.38. The minimum absolute atomic E-state index is 0.111. The van der Waals surface area contributed by atoms with Gasteiger partial charge in [0.05, 0.1) is 12.0 Å². The Hall–Kier alpha value is -1.85. The molecule has 0 aliphatic carbocycles. The van der Waals surface area contributed by atoms with Gasteiger partial charge in [-0.25, -0.2) is 13.6 Å². The second-order valence-electron chi connectivity index (χ2n) is 3.80. The fourth-order valence-corrected chi connectivity index (χ4v) is 2.14. The first-order valence-electron chi connectivity index (χ1n) is 5.28. The third kappa shape index (κ3) is 2.69. The van der Waals surface area contributed by atoms with E-state index in [1.807, 2.05) is 24.3 Å². The molecule has 0 fully saturated rings. The molecule has 2 N–H and O–H groups in total. The third-order valence-corrected chi connectivity index (χ3v) is 3.54. The van der Waals surface area contributed by atoms with Gasteiger partial charge in [0.1, 0.15) is 5.75 Å². The number of rotatable bonds is 3. The first kappa shape index (κ1) is 12.6. The highest BCUT2D eigenvalue weighted by Gasteiger charge is 2.07. The number of hydrogen-bond acceptors (Lipinski definition) is 3. The Morgan fingerprint density at radius 2 is 1.33 bits per heavy atom. The van der Waals surface area contributed by atoms with Gasteiger partial charge in [-0.2, -0.15) is 0 Å². The highest BCUT2D eigenvalue weighted by Crippen LogP contribution is 2.23. The number of ether oxygens (including phenoxy) is 1. The van der Waals surface area contributed by atoms with E-state index in [4.69, 9.17) is 9.88 Å². The quantitative estimate of drug-likeness (QED) is 0.921. The lowest BCUT2D eigenvalue weighted by Crippen LogP contribution is -2.11. The number of nitrogens with two attached hydrogens (primary N) is 1. The zero-order chi connectivity index (χ0) is 13.2. The Balaban J connectivity index is 2.34. The van der Waals surface area contributed by atoms with Gasteiger partial charge in [-0.15, -0.1) is 0 Å². The van der Waals surface area contributed by atoms with Crippen molar-refractivity contribution < 1.29 is 13.2 Å². The Bertz CT molecular complexity index is 631. The van der Waals surface area contributed by atoms with E-state index < -0.39 is 10.0 Å². The van der Waals surface area contributed by atoms with Crippen molar-refractivity contribution >= 4 is 10.0 Å². The van der Waals surface area contributed by atoms with E-state index in [1.54, 1.807) is 19.2 Å². The van der Waals surface area contributed by atoms with Gasteiger partial charge in [-0.1, -0.05) is 24.3 Å². The summed E-state index contributed by atoms with van der Waals surface area (Å²) in [5.74, 6) is 0.778. The highest BCUT2D eigenvalue weighted by molar-refractivity contribution is 7.89. The van der Waals surface area contributed by atoms with Gasteiger partial charge >= 0.3 is 0 Å². The lowest BCUT2D eigenvalue weighted by molar-refractivity contribution is 0.415. The number of methoxy groups -OCH3 is 1. The summed E-state index contributed by atoms with van der Waals surface area (Å²) in [4.78, 5) is 0.111. The predicted octanol–water partition coefficient (Wildman–Crippen LogP) is 2.01. The van der Waals surface area contributed by atoms with Gasteiger partial charge in [-0.05, 0) is 35.4 Å². The van der Waals surface area contributed by atoms with Crippen molar-refractivity contribution in [3.63, 3.8) is 0 Å². The summed E-state index contributed by atoms with van der Waals surface area (Å²) >= 11 is 0. The van der Waals surface area contributed by atoms with Gasteiger partial charge in [0.25, 0.3) is 0 Å². The summed E-state index contributed by atoms with van der Waals surface area (Å²) in [5, 5.41) is 5.04. The molecule has 0 aromatic heterocycles. The first-order chi connectivity index (χ1) is 8.50. The summed E-state index contributed by atoms with van der Waals surface area (Å²) in [6.45, 7) is 0. The van der Waals surface area contributed by atoms with Crippen LogP contribution in [0, 0.1) is 0 Å². The van der Waals surface area contributed by atoms with Crippen LogP contribution in [-0.2, 0) is 10.0 Å². The van der Waals surface area contributed by atoms with Gasteiger partial charge in [0, 0.05) is 0 Å². The Kier molecular flexibility index (Phi) is 3.36. The van der Waals surface area contributed by atoms with Crippen LogP contribution in [0.3, 0.4) is 0 Å². The van der Waals surface area contributed by atoms with Gasteiger partial charge in [0.2, 0.25) is 10.0 Å². The van der Waals surface area contributed by atoms with Crippen molar-refractivity contribution in [2.45, 2.75) is 4.90 Å². The molecular weight excluding hydrogens is 250 g/mol. The normalized spacial score (nSPS) is 11.2. The Morgan fingerprint density at radius 3 is 1.72 bits per heavy atom. The van der Waals surface area contributed by atoms with Gasteiger partial charge in [-0.3, -0.25) is 0 Å². The van der Waals surface area contributed by atoms with Crippen molar-refractivity contribution in [3.8, 4) is 16.9 Å². The molecule has 0 amide bonds. The Labute approximate surface area is 106 Å². The largest absolute Gasteiger partial charge is 0.497 e. The summed E-state index contributed by atoms with van der Waals surface area (Å²) < 4.78 is 27.3. The van der Waals surface area contributed by atoms with Crippen molar-refractivity contribution in [1.29, 1.82) is 0 Å². The van der Waals surface area contributed by atoms with Crippen LogP contribution in [0.1, 0.15) is 0 Å². The number of hydrogen-bond donors (Lipinski definition) is 1. The molecule has 0 spiro atoms. The lowest BCUT2D eigenvalue weighted by Gasteiger charge is -2.04.